The standard InChI is InChI=1S/C25H20ClN3O/c26-21-12-6-7-13-23(21)29-24(16-22(27-29)19-9-2-1-3-10-19)25(30)28-15-14-18-8-4-5-11-20(18)17-28/h1-13,16H,14-15,17H2. The molecule has 0 aliphatic carbocycles. The third kappa shape index (κ3) is 3.40. The van der Waals surface area contributed by atoms with Crippen LogP contribution in [0.4, 0.5) is 0 Å². The van der Waals surface area contributed by atoms with Crippen molar-refractivity contribution in [2.45, 2.75) is 13.0 Å². The second-order valence-electron chi connectivity index (χ2n) is 7.39. The van der Waals surface area contributed by atoms with Gasteiger partial charge in [-0.1, -0.05) is 78.3 Å². The number of carbonyl (C=O) groups is 1. The molecule has 30 heavy (non-hydrogen) atoms. The van der Waals surface area contributed by atoms with Gasteiger partial charge in [0.2, 0.25) is 0 Å². The Labute approximate surface area is 180 Å². The Balaban J connectivity index is 1.58. The largest absolute Gasteiger partial charge is 0.333 e. The van der Waals surface area contributed by atoms with Crippen molar-refractivity contribution in [2.75, 3.05) is 6.54 Å². The van der Waals surface area contributed by atoms with Gasteiger partial charge in [-0.25, -0.2) is 4.68 Å². The van der Waals surface area contributed by atoms with E-state index in [1.807, 2.05) is 71.6 Å². The number of benzene rings is 3. The fourth-order valence-corrected chi connectivity index (χ4v) is 4.14. The van der Waals surface area contributed by atoms with E-state index < -0.39 is 0 Å². The van der Waals surface area contributed by atoms with Crippen molar-refractivity contribution < 1.29 is 4.79 Å². The first-order valence-corrected chi connectivity index (χ1v) is 10.3. The highest BCUT2D eigenvalue weighted by atomic mass is 35.5. The Morgan fingerprint density at radius 2 is 1.57 bits per heavy atom. The number of amides is 1. The summed E-state index contributed by atoms with van der Waals surface area (Å²) in [6.45, 7) is 1.29. The molecule has 0 fully saturated rings. The number of rotatable bonds is 3. The lowest BCUT2D eigenvalue weighted by Gasteiger charge is -2.29. The molecule has 148 valence electrons. The third-order valence-electron chi connectivity index (χ3n) is 5.50. The quantitative estimate of drug-likeness (QED) is 0.451. The number of nitrogens with zero attached hydrogens (tertiary/aromatic N) is 3. The van der Waals surface area contributed by atoms with Crippen molar-refractivity contribution >= 4 is 17.5 Å². The van der Waals surface area contributed by atoms with E-state index in [4.69, 9.17) is 16.7 Å². The van der Waals surface area contributed by atoms with Gasteiger partial charge >= 0.3 is 0 Å². The predicted molar refractivity (Wildman–Crippen MR) is 119 cm³/mol. The van der Waals surface area contributed by atoms with Crippen molar-refractivity contribution in [2.24, 2.45) is 0 Å². The van der Waals surface area contributed by atoms with E-state index in [1.54, 1.807) is 4.68 Å². The summed E-state index contributed by atoms with van der Waals surface area (Å²) in [7, 11) is 0. The van der Waals surface area contributed by atoms with Crippen molar-refractivity contribution in [1.82, 2.24) is 14.7 Å². The molecule has 0 saturated heterocycles. The Bertz CT molecular complexity index is 1220. The molecule has 4 nitrogen and oxygen atoms in total. The van der Waals surface area contributed by atoms with Crippen LogP contribution in [0.5, 0.6) is 0 Å². The molecule has 5 heteroatoms. The highest BCUT2D eigenvalue weighted by Crippen LogP contribution is 2.28. The van der Waals surface area contributed by atoms with Crippen LogP contribution in [0.1, 0.15) is 21.6 Å². The molecule has 0 N–H and O–H groups in total. The molecule has 0 radical (unpaired) electrons. The number of aromatic nitrogens is 2. The first kappa shape index (κ1) is 18.6. The molecule has 2 heterocycles. The second-order valence-corrected chi connectivity index (χ2v) is 7.80. The van der Waals surface area contributed by atoms with Crippen LogP contribution in [0.25, 0.3) is 16.9 Å². The first-order valence-electron chi connectivity index (χ1n) is 9.97. The molecule has 1 amide bonds. The lowest BCUT2D eigenvalue weighted by atomic mass is 9.99. The predicted octanol–water partition coefficient (Wildman–Crippen LogP) is 5.39. The molecule has 0 saturated carbocycles. The zero-order valence-corrected chi connectivity index (χ0v) is 17.1. The number of hydrogen-bond acceptors (Lipinski definition) is 2. The molecule has 5 rings (SSSR count). The Morgan fingerprint density at radius 3 is 2.37 bits per heavy atom. The number of para-hydroxylation sites is 1. The molecule has 0 bridgehead atoms. The Morgan fingerprint density at radius 1 is 0.867 bits per heavy atom. The minimum Gasteiger partial charge on any atom is -0.333 e. The highest BCUT2D eigenvalue weighted by Gasteiger charge is 2.26. The van der Waals surface area contributed by atoms with E-state index in [-0.39, 0.29) is 5.91 Å². The van der Waals surface area contributed by atoms with Gasteiger partial charge in [0, 0.05) is 18.7 Å². The van der Waals surface area contributed by atoms with Crippen molar-refractivity contribution in [3.63, 3.8) is 0 Å². The zero-order valence-electron chi connectivity index (χ0n) is 16.3. The maximum absolute atomic E-state index is 13.6. The monoisotopic (exact) mass is 413 g/mol. The van der Waals surface area contributed by atoms with Gasteiger partial charge in [0.1, 0.15) is 5.69 Å². The molecule has 1 aliphatic rings. The molecule has 3 aromatic carbocycles. The Kier molecular flexibility index (Phi) is 4.85. The number of carbonyl (C=O) groups excluding carboxylic acids is 1. The van der Waals surface area contributed by atoms with Crippen LogP contribution in [-0.4, -0.2) is 27.1 Å². The maximum Gasteiger partial charge on any atom is 0.272 e. The van der Waals surface area contributed by atoms with Gasteiger partial charge in [-0.05, 0) is 35.7 Å². The summed E-state index contributed by atoms with van der Waals surface area (Å²) in [5, 5.41) is 5.31. The zero-order chi connectivity index (χ0) is 20.5. The van der Waals surface area contributed by atoms with Crippen LogP contribution < -0.4 is 0 Å². The average molecular weight is 414 g/mol. The summed E-state index contributed by atoms with van der Waals surface area (Å²) in [4.78, 5) is 15.5. The van der Waals surface area contributed by atoms with Crippen LogP contribution in [0, 0.1) is 0 Å². The third-order valence-corrected chi connectivity index (χ3v) is 5.82. The summed E-state index contributed by atoms with van der Waals surface area (Å²) in [5.41, 5.74) is 5.43. The van der Waals surface area contributed by atoms with Gasteiger partial charge in [0.05, 0.1) is 16.4 Å². The second kappa shape index (κ2) is 7.81. The summed E-state index contributed by atoms with van der Waals surface area (Å²) < 4.78 is 1.67. The molecule has 0 atom stereocenters. The smallest absolute Gasteiger partial charge is 0.272 e. The van der Waals surface area contributed by atoms with Gasteiger partial charge < -0.3 is 4.90 Å². The van der Waals surface area contributed by atoms with Gasteiger partial charge in [0.15, 0.2) is 0 Å². The van der Waals surface area contributed by atoms with Crippen LogP contribution >= 0.6 is 11.6 Å². The fraction of sp³-hybridized carbons (Fsp3) is 0.120. The summed E-state index contributed by atoms with van der Waals surface area (Å²) in [6.07, 6.45) is 0.855. The van der Waals surface area contributed by atoms with Crippen molar-refractivity contribution in [3.8, 4) is 16.9 Å². The van der Waals surface area contributed by atoms with E-state index in [2.05, 4.69) is 18.2 Å². The van der Waals surface area contributed by atoms with Crippen LogP contribution in [0.3, 0.4) is 0 Å². The van der Waals surface area contributed by atoms with Crippen LogP contribution in [-0.2, 0) is 13.0 Å². The topological polar surface area (TPSA) is 38.1 Å². The van der Waals surface area contributed by atoms with Crippen LogP contribution in [0.15, 0.2) is 84.9 Å². The molecule has 4 aromatic rings. The summed E-state index contributed by atoms with van der Waals surface area (Å²) in [6, 6.07) is 27.5. The average Bonchev–Trinajstić information content (AvgIpc) is 3.24. The minimum atomic E-state index is -0.0425. The van der Waals surface area contributed by atoms with E-state index in [0.29, 0.717) is 29.5 Å². The summed E-state index contributed by atoms with van der Waals surface area (Å²) in [5.74, 6) is -0.0425. The molecule has 1 aliphatic heterocycles. The number of halogens is 1. The van der Waals surface area contributed by atoms with E-state index in [0.717, 1.165) is 17.7 Å². The lowest BCUT2D eigenvalue weighted by Crippen LogP contribution is -2.37. The van der Waals surface area contributed by atoms with Crippen molar-refractivity contribution in [1.29, 1.82) is 0 Å². The Hall–Kier alpha value is -3.37. The molecule has 1 aromatic heterocycles. The fourth-order valence-electron chi connectivity index (χ4n) is 3.92. The van der Waals surface area contributed by atoms with Gasteiger partial charge in [-0.15, -0.1) is 0 Å². The van der Waals surface area contributed by atoms with E-state index >= 15 is 0 Å². The normalized spacial score (nSPS) is 13.2. The SMILES string of the molecule is O=C(c1cc(-c2ccccc2)nn1-c1ccccc1Cl)N1CCc2ccccc2C1. The van der Waals surface area contributed by atoms with Gasteiger partial charge in [-0.2, -0.15) is 5.10 Å². The molecular weight excluding hydrogens is 394 g/mol. The summed E-state index contributed by atoms with van der Waals surface area (Å²) >= 11 is 6.46. The molecule has 0 unspecified atom stereocenters. The van der Waals surface area contributed by atoms with Gasteiger partial charge in [0.25, 0.3) is 5.91 Å². The van der Waals surface area contributed by atoms with E-state index in [9.17, 15) is 4.79 Å². The first-order chi connectivity index (χ1) is 14.7. The maximum atomic E-state index is 13.6. The highest BCUT2D eigenvalue weighted by molar-refractivity contribution is 6.32. The number of fused-ring (bicyclic) bond motifs is 1. The molecule has 0 spiro atoms. The minimum absolute atomic E-state index is 0.0425. The van der Waals surface area contributed by atoms with Crippen molar-refractivity contribution in [3.05, 3.63) is 107 Å². The van der Waals surface area contributed by atoms with E-state index in [1.165, 1.54) is 11.1 Å². The lowest BCUT2D eigenvalue weighted by molar-refractivity contribution is 0.0725. The van der Waals surface area contributed by atoms with Crippen LogP contribution in [0.2, 0.25) is 5.02 Å². The number of hydrogen-bond donors (Lipinski definition) is 0. The van der Waals surface area contributed by atoms with Gasteiger partial charge in [-0.3, -0.25) is 4.79 Å². The molecular formula is C25H20ClN3O.